The number of halogens is 6. The number of aromatic nitrogens is 3. The van der Waals surface area contributed by atoms with Crippen LogP contribution in [0.4, 0.5) is 26.3 Å². The van der Waals surface area contributed by atoms with E-state index in [0.29, 0.717) is 12.3 Å². The summed E-state index contributed by atoms with van der Waals surface area (Å²) in [6, 6.07) is 2.41. The number of pyridine rings is 2. The number of imidazole rings is 1. The molecule has 3 aromatic heterocycles. The Labute approximate surface area is 161 Å². The van der Waals surface area contributed by atoms with Crippen molar-refractivity contribution >= 4 is 22.6 Å². The molecule has 0 spiro atoms. The molecule has 0 aliphatic rings. The SMILES string of the molecule is CCCOC(C)=O.Cc1cn2c(ccc3c(C(F)(F)F)cc(C(F)(F)F)nc32)n1. The van der Waals surface area contributed by atoms with Gasteiger partial charge in [0.05, 0.1) is 17.9 Å². The maximum absolute atomic E-state index is 13.1. The molecule has 0 unspecified atom stereocenters. The number of nitrogens with zero attached hydrogens (tertiary/aromatic N) is 3. The maximum Gasteiger partial charge on any atom is 0.433 e. The van der Waals surface area contributed by atoms with Gasteiger partial charge in [0.2, 0.25) is 0 Å². The number of rotatable bonds is 2. The molecule has 158 valence electrons. The van der Waals surface area contributed by atoms with Crippen LogP contribution < -0.4 is 0 Å². The highest BCUT2D eigenvalue weighted by molar-refractivity contribution is 5.83. The number of fused-ring (bicyclic) bond motifs is 3. The van der Waals surface area contributed by atoms with Gasteiger partial charge in [0.15, 0.2) is 0 Å². The molecule has 5 nitrogen and oxygen atoms in total. The summed E-state index contributed by atoms with van der Waals surface area (Å²) in [5.41, 5.74) is -2.71. The third-order valence-corrected chi connectivity index (χ3v) is 3.62. The highest BCUT2D eigenvalue weighted by Crippen LogP contribution is 2.38. The first-order chi connectivity index (χ1) is 13.3. The van der Waals surface area contributed by atoms with Crippen LogP contribution in [0.5, 0.6) is 0 Å². The summed E-state index contributed by atoms with van der Waals surface area (Å²) in [6.07, 6.45) is -7.67. The minimum Gasteiger partial charge on any atom is -0.466 e. The molecular formula is C18H17F6N3O2. The second-order valence-corrected chi connectivity index (χ2v) is 6.07. The van der Waals surface area contributed by atoms with Gasteiger partial charge in [-0.2, -0.15) is 26.3 Å². The lowest BCUT2D eigenvalue weighted by atomic mass is 10.1. The van der Waals surface area contributed by atoms with Crippen LogP contribution in [0.3, 0.4) is 0 Å². The Morgan fingerprint density at radius 2 is 1.76 bits per heavy atom. The first-order valence-corrected chi connectivity index (χ1v) is 8.41. The number of aryl methyl sites for hydroxylation is 1. The minimum absolute atomic E-state index is 0.0257. The lowest BCUT2D eigenvalue weighted by Gasteiger charge is -2.14. The first-order valence-electron chi connectivity index (χ1n) is 8.41. The average molecular weight is 421 g/mol. The van der Waals surface area contributed by atoms with Gasteiger partial charge in [0.25, 0.3) is 0 Å². The summed E-state index contributed by atoms with van der Waals surface area (Å²) in [6.45, 7) is 5.51. The lowest BCUT2D eigenvalue weighted by Crippen LogP contribution is -2.14. The number of alkyl halides is 6. The molecule has 3 rings (SSSR count). The first kappa shape index (κ1) is 22.4. The van der Waals surface area contributed by atoms with Crippen LogP contribution in [-0.2, 0) is 21.9 Å². The number of carbonyl (C=O) groups is 1. The van der Waals surface area contributed by atoms with Crippen LogP contribution in [0, 0.1) is 6.92 Å². The van der Waals surface area contributed by atoms with Gasteiger partial charge < -0.3 is 4.74 Å². The second kappa shape index (κ2) is 8.26. The summed E-state index contributed by atoms with van der Waals surface area (Å²) >= 11 is 0. The van der Waals surface area contributed by atoms with Gasteiger partial charge in [-0.1, -0.05) is 6.92 Å². The molecule has 0 aliphatic heterocycles. The van der Waals surface area contributed by atoms with E-state index in [1.165, 1.54) is 19.2 Å². The molecule has 11 heteroatoms. The van der Waals surface area contributed by atoms with E-state index in [-0.39, 0.29) is 17.7 Å². The predicted octanol–water partition coefficient (Wildman–Crippen LogP) is 5.19. The molecule has 0 radical (unpaired) electrons. The third kappa shape index (κ3) is 5.36. The van der Waals surface area contributed by atoms with E-state index in [1.54, 1.807) is 6.92 Å². The highest BCUT2D eigenvalue weighted by Gasteiger charge is 2.39. The molecule has 0 saturated heterocycles. The van der Waals surface area contributed by atoms with Crippen molar-refractivity contribution in [3.63, 3.8) is 0 Å². The molecule has 0 N–H and O–H groups in total. The standard InChI is InChI=1S/C13H7F6N3.C5H10O2/c1-6-5-22-10(20-6)3-2-7-8(12(14,15)16)4-9(13(17,18)19)21-11(7)22;1-3-4-7-5(2)6/h2-5H,1H3;3-4H2,1-2H3. The normalized spacial score (nSPS) is 12.0. The number of carbonyl (C=O) groups excluding carboxylic acids is 1. The van der Waals surface area contributed by atoms with Crippen molar-refractivity contribution in [3.8, 4) is 0 Å². The van der Waals surface area contributed by atoms with Crippen molar-refractivity contribution < 1.29 is 35.9 Å². The smallest absolute Gasteiger partial charge is 0.433 e. The van der Waals surface area contributed by atoms with Crippen molar-refractivity contribution in [3.05, 3.63) is 41.3 Å². The number of esters is 1. The molecule has 0 aliphatic carbocycles. The van der Waals surface area contributed by atoms with Crippen LogP contribution in [-0.4, -0.2) is 26.9 Å². The zero-order chi connectivity index (χ0) is 22.0. The fourth-order valence-electron chi connectivity index (χ4n) is 2.48. The monoisotopic (exact) mass is 421 g/mol. The van der Waals surface area contributed by atoms with E-state index < -0.39 is 34.6 Å². The fourth-order valence-corrected chi connectivity index (χ4v) is 2.48. The molecule has 0 aromatic carbocycles. The molecule has 0 saturated carbocycles. The molecule has 0 amide bonds. The Morgan fingerprint density at radius 3 is 2.24 bits per heavy atom. The van der Waals surface area contributed by atoms with Crippen LogP contribution in [0.2, 0.25) is 0 Å². The predicted molar refractivity (Wildman–Crippen MR) is 92.2 cm³/mol. The number of hydrogen-bond acceptors (Lipinski definition) is 4. The Morgan fingerprint density at radius 1 is 1.10 bits per heavy atom. The van der Waals surface area contributed by atoms with E-state index in [4.69, 9.17) is 0 Å². The Bertz CT molecular complexity index is 1020. The van der Waals surface area contributed by atoms with Crippen LogP contribution >= 0.6 is 0 Å². The Kier molecular flexibility index (Phi) is 6.39. The van der Waals surface area contributed by atoms with Gasteiger partial charge >= 0.3 is 18.3 Å². The Hall–Kier alpha value is -2.85. The van der Waals surface area contributed by atoms with Gasteiger partial charge in [-0.05, 0) is 31.5 Å². The van der Waals surface area contributed by atoms with Crippen molar-refractivity contribution in [1.29, 1.82) is 0 Å². The Balaban J connectivity index is 0.000000370. The summed E-state index contributed by atoms with van der Waals surface area (Å²) < 4.78 is 83.4. The van der Waals surface area contributed by atoms with Crippen molar-refractivity contribution in [2.24, 2.45) is 0 Å². The molecule has 3 aromatic rings. The zero-order valence-electron chi connectivity index (χ0n) is 15.6. The van der Waals surface area contributed by atoms with Crippen molar-refractivity contribution in [1.82, 2.24) is 14.4 Å². The van der Waals surface area contributed by atoms with Gasteiger partial charge in [0.1, 0.15) is 17.0 Å². The molecular weight excluding hydrogens is 404 g/mol. The van der Waals surface area contributed by atoms with Gasteiger partial charge in [0, 0.05) is 18.5 Å². The summed E-state index contributed by atoms with van der Waals surface area (Å²) in [7, 11) is 0. The van der Waals surface area contributed by atoms with Crippen LogP contribution in [0.15, 0.2) is 24.4 Å². The van der Waals surface area contributed by atoms with Gasteiger partial charge in [-0.3, -0.25) is 9.20 Å². The topological polar surface area (TPSA) is 56.5 Å². The number of hydrogen-bond donors (Lipinski definition) is 0. The quantitative estimate of drug-likeness (QED) is 0.422. The van der Waals surface area contributed by atoms with Crippen molar-refractivity contribution in [2.45, 2.75) is 39.5 Å². The van der Waals surface area contributed by atoms with E-state index in [2.05, 4.69) is 14.7 Å². The summed E-state index contributed by atoms with van der Waals surface area (Å²) in [5.74, 6) is -0.193. The third-order valence-electron chi connectivity index (χ3n) is 3.62. The van der Waals surface area contributed by atoms with Gasteiger partial charge in [-0.15, -0.1) is 0 Å². The molecule has 0 atom stereocenters. The lowest BCUT2D eigenvalue weighted by molar-refractivity contribution is -0.145. The molecule has 3 heterocycles. The van der Waals surface area contributed by atoms with E-state index in [1.807, 2.05) is 6.92 Å². The molecule has 0 bridgehead atoms. The van der Waals surface area contributed by atoms with Crippen LogP contribution in [0.25, 0.3) is 16.7 Å². The van der Waals surface area contributed by atoms with E-state index in [0.717, 1.165) is 16.9 Å². The number of ether oxygens (including phenoxy) is 1. The maximum atomic E-state index is 13.1. The van der Waals surface area contributed by atoms with E-state index in [9.17, 15) is 31.1 Å². The molecule has 29 heavy (non-hydrogen) atoms. The minimum atomic E-state index is -4.98. The van der Waals surface area contributed by atoms with E-state index >= 15 is 0 Å². The molecule has 0 fully saturated rings. The zero-order valence-corrected chi connectivity index (χ0v) is 15.6. The summed E-state index contributed by atoms with van der Waals surface area (Å²) in [4.78, 5) is 17.3. The van der Waals surface area contributed by atoms with Crippen LogP contribution in [0.1, 0.15) is 37.2 Å². The second-order valence-electron chi connectivity index (χ2n) is 6.07. The summed E-state index contributed by atoms with van der Waals surface area (Å²) in [5, 5.41) is -0.412. The fraction of sp³-hybridized carbons (Fsp3) is 0.389. The highest BCUT2D eigenvalue weighted by atomic mass is 19.4. The average Bonchev–Trinajstić information content (AvgIpc) is 2.98. The van der Waals surface area contributed by atoms with Crippen molar-refractivity contribution in [2.75, 3.05) is 6.61 Å². The largest absolute Gasteiger partial charge is 0.466 e. The van der Waals surface area contributed by atoms with Gasteiger partial charge in [-0.25, -0.2) is 9.97 Å².